The first-order valence-corrected chi connectivity index (χ1v) is 13.7. The number of ether oxygens (including phenoxy) is 1. The molecule has 150 valence electrons. The normalized spacial score (nSPS) is 12.4. The Hall–Kier alpha value is -1.37. The maximum absolute atomic E-state index is 14.4. The van der Waals surface area contributed by atoms with Crippen LogP contribution in [0.15, 0.2) is 32.3 Å². The maximum atomic E-state index is 14.4. The maximum Gasteiger partial charge on any atom is 0.273 e. The highest BCUT2D eigenvalue weighted by Gasteiger charge is 2.35. The van der Waals surface area contributed by atoms with Gasteiger partial charge >= 0.3 is 0 Å². The second-order valence-corrected chi connectivity index (χ2v) is 15.1. The van der Waals surface area contributed by atoms with Gasteiger partial charge in [-0.15, -0.1) is 0 Å². The molecule has 0 amide bonds. The van der Waals surface area contributed by atoms with Gasteiger partial charge in [0.1, 0.15) is 24.6 Å². The molecule has 2 aromatic rings. The average Bonchev–Trinajstić information content (AvgIpc) is 3.04. The summed E-state index contributed by atoms with van der Waals surface area (Å²) in [5.74, 6) is -4.63. The van der Waals surface area contributed by atoms with E-state index in [0.717, 1.165) is 12.3 Å². The Morgan fingerprint density at radius 1 is 1.26 bits per heavy atom. The Bertz CT molecular complexity index is 905. The lowest BCUT2D eigenvalue weighted by Gasteiger charge is -2.23. The van der Waals surface area contributed by atoms with Gasteiger partial charge in [-0.3, -0.25) is 0 Å². The van der Waals surface area contributed by atoms with Crippen LogP contribution >= 0.6 is 15.9 Å². The molecule has 1 aromatic heterocycles. The summed E-state index contributed by atoms with van der Waals surface area (Å²) < 4.78 is 77.5. The van der Waals surface area contributed by atoms with Gasteiger partial charge in [-0.1, -0.05) is 24.8 Å². The highest BCUT2D eigenvalue weighted by atomic mass is 79.9. The van der Waals surface area contributed by atoms with E-state index in [4.69, 9.17) is 4.74 Å². The van der Waals surface area contributed by atoms with E-state index in [9.17, 15) is 21.6 Å². The van der Waals surface area contributed by atoms with Gasteiger partial charge in [-0.25, -0.2) is 25.9 Å². The van der Waals surface area contributed by atoms with Crippen LogP contribution in [0.5, 0.6) is 0 Å². The molecule has 0 unspecified atom stereocenters. The molecule has 0 saturated carbocycles. The molecular weight excluding hydrogens is 469 g/mol. The fourth-order valence-corrected chi connectivity index (χ4v) is 4.62. The summed E-state index contributed by atoms with van der Waals surface area (Å²) in [5, 5.41) is 3.50. The van der Waals surface area contributed by atoms with Crippen molar-refractivity contribution in [3.63, 3.8) is 0 Å². The van der Waals surface area contributed by atoms with Crippen molar-refractivity contribution >= 4 is 39.8 Å². The lowest BCUT2D eigenvalue weighted by atomic mass is 10.3. The van der Waals surface area contributed by atoms with Gasteiger partial charge in [-0.05, 0) is 22.0 Å². The van der Waals surface area contributed by atoms with Gasteiger partial charge in [0.05, 0.1) is 4.47 Å². The molecule has 0 saturated heterocycles. The molecule has 0 aliphatic heterocycles. The second-order valence-electron chi connectivity index (χ2n) is 6.86. The van der Waals surface area contributed by atoms with Crippen LogP contribution in [0.25, 0.3) is 0 Å². The van der Waals surface area contributed by atoms with Gasteiger partial charge < -0.3 is 9.26 Å². The van der Waals surface area contributed by atoms with Crippen LogP contribution in [0.2, 0.25) is 25.7 Å². The fraction of sp³-hybridized carbons (Fsp3) is 0.400. The van der Waals surface area contributed by atoms with E-state index in [1.165, 1.54) is 6.07 Å². The number of rotatable bonds is 8. The van der Waals surface area contributed by atoms with Crippen LogP contribution in [-0.4, -0.2) is 35.0 Å². The fourth-order valence-electron chi connectivity index (χ4n) is 2.02. The number of sulfonamides is 1. The van der Waals surface area contributed by atoms with E-state index < -0.39 is 51.6 Å². The number of nitrogens with zero attached hydrogens (tertiary/aromatic N) is 2. The zero-order valence-electron chi connectivity index (χ0n) is 14.8. The van der Waals surface area contributed by atoms with E-state index >= 15 is 0 Å². The van der Waals surface area contributed by atoms with Crippen molar-refractivity contribution in [1.29, 1.82) is 0 Å². The first-order valence-electron chi connectivity index (χ1n) is 7.79. The van der Waals surface area contributed by atoms with Gasteiger partial charge in [0, 0.05) is 26.8 Å². The highest BCUT2D eigenvalue weighted by molar-refractivity contribution is 9.10. The topological polar surface area (TPSA) is 72.6 Å². The molecule has 0 atom stereocenters. The minimum Gasteiger partial charge on any atom is -0.363 e. The molecule has 1 heterocycles. The van der Waals surface area contributed by atoms with Crippen molar-refractivity contribution in [2.75, 3.05) is 17.6 Å². The number of hydrogen-bond donors (Lipinski definition) is 0. The smallest absolute Gasteiger partial charge is 0.273 e. The molecule has 0 bridgehead atoms. The average molecular weight is 487 g/mol. The van der Waals surface area contributed by atoms with Crippen LogP contribution in [0.4, 0.5) is 19.0 Å². The van der Waals surface area contributed by atoms with Crippen LogP contribution < -0.4 is 4.31 Å². The van der Waals surface area contributed by atoms with E-state index in [1.54, 1.807) is 0 Å². The molecular formula is C15H18BrF3N2O4SSi. The van der Waals surface area contributed by atoms with Crippen LogP contribution in [0.3, 0.4) is 0 Å². The zero-order valence-corrected chi connectivity index (χ0v) is 18.2. The van der Waals surface area contributed by atoms with Crippen molar-refractivity contribution in [2.24, 2.45) is 0 Å². The molecule has 0 aliphatic carbocycles. The van der Waals surface area contributed by atoms with Crippen LogP contribution in [0, 0.1) is 17.5 Å². The standard InChI is InChI=1S/C15H18BrF3N2O4SSi/c1-27(2,3)7-6-24-9-21(12-4-5-25-20-12)26(22,23)15-11(18)8-10(17)13(16)14(15)19/h4-5,8H,6-7,9H2,1-3H3. The SMILES string of the molecule is C[Si](C)(C)CCOCN(c1ccon1)S(=O)(=O)c1c(F)cc(F)c(Br)c1F. The molecule has 0 aliphatic rings. The molecule has 0 N–H and O–H groups in total. The second kappa shape index (κ2) is 8.33. The number of hydrogen-bond acceptors (Lipinski definition) is 5. The third-order valence-electron chi connectivity index (χ3n) is 3.50. The van der Waals surface area contributed by atoms with Crippen molar-refractivity contribution < 1.29 is 30.8 Å². The lowest BCUT2D eigenvalue weighted by molar-refractivity contribution is 0.155. The van der Waals surface area contributed by atoms with Crippen molar-refractivity contribution in [3.8, 4) is 0 Å². The number of aromatic nitrogens is 1. The summed E-state index contributed by atoms with van der Waals surface area (Å²) in [7, 11) is -6.22. The number of halogens is 4. The van der Waals surface area contributed by atoms with Crippen molar-refractivity contribution in [2.45, 2.75) is 30.6 Å². The first kappa shape index (κ1) is 21.9. The third-order valence-corrected chi connectivity index (χ3v) is 7.70. The van der Waals surface area contributed by atoms with E-state index in [-0.39, 0.29) is 18.5 Å². The number of anilines is 1. The molecule has 12 heteroatoms. The summed E-state index contributed by atoms with van der Waals surface area (Å²) in [6.45, 7) is 6.07. The van der Waals surface area contributed by atoms with Crippen LogP contribution in [-0.2, 0) is 14.8 Å². The van der Waals surface area contributed by atoms with Crippen molar-refractivity contribution in [3.05, 3.63) is 40.3 Å². The number of benzene rings is 1. The van der Waals surface area contributed by atoms with Crippen LogP contribution in [0.1, 0.15) is 0 Å². The van der Waals surface area contributed by atoms with E-state index in [1.807, 2.05) is 0 Å². The molecule has 6 nitrogen and oxygen atoms in total. The van der Waals surface area contributed by atoms with Gasteiger partial charge in [0.2, 0.25) is 0 Å². The molecule has 1 aromatic carbocycles. The molecule has 27 heavy (non-hydrogen) atoms. The monoisotopic (exact) mass is 486 g/mol. The summed E-state index contributed by atoms with van der Waals surface area (Å²) >= 11 is 2.58. The third kappa shape index (κ3) is 5.12. The summed E-state index contributed by atoms with van der Waals surface area (Å²) in [6, 6.07) is 2.24. The largest absolute Gasteiger partial charge is 0.363 e. The first-order chi connectivity index (χ1) is 12.4. The van der Waals surface area contributed by atoms with Gasteiger partial charge in [-0.2, -0.15) is 0 Å². The predicted molar refractivity (Wildman–Crippen MR) is 99.2 cm³/mol. The summed E-state index contributed by atoms with van der Waals surface area (Å²) in [5.41, 5.74) is 0. The predicted octanol–water partition coefficient (Wildman–Crippen LogP) is 4.36. The quantitative estimate of drug-likeness (QED) is 0.182. The molecule has 0 spiro atoms. The molecule has 0 radical (unpaired) electrons. The minimum absolute atomic E-state index is 0.220. The molecule has 2 rings (SSSR count). The van der Waals surface area contributed by atoms with Crippen molar-refractivity contribution in [1.82, 2.24) is 5.16 Å². The van der Waals surface area contributed by atoms with Gasteiger partial charge in [0.15, 0.2) is 16.5 Å². The Morgan fingerprint density at radius 2 is 1.93 bits per heavy atom. The van der Waals surface area contributed by atoms with E-state index in [2.05, 4.69) is 45.3 Å². The Morgan fingerprint density at radius 3 is 2.48 bits per heavy atom. The molecule has 0 fully saturated rings. The summed E-state index contributed by atoms with van der Waals surface area (Å²) in [4.78, 5) is -1.31. The van der Waals surface area contributed by atoms with Gasteiger partial charge in [0.25, 0.3) is 10.0 Å². The Labute approximate surface area is 164 Å². The lowest BCUT2D eigenvalue weighted by Crippen LogP contribution is -2.35. The Kier molecular flexibility index (Phi) is 6.76. The van der Waals surface area contributed by atoms with E-state index in [0.29, 0.717) is 4.31 Å². The highest BCUT2D eigenvalue weighted by Crippen LogP contribution is 2.32. The minimum atomic E-state index is -4.79. The zero-order chi connectivity index (χ0) is 20.4. The summed E-state index contributed by atoms with van der Waals surface area (Å²) in [6.07, 6.45) is 1.10. The Balaban J connectivity index is 2.39.